The fourth-order valence-corrected chi connectivity index (χ4v) is 4.96. The van der Waals surface area contributed by atoms with E-state index >= 15 is 0 Å². The van der Waals surface area contributed by atoms with Gasteiger partial charge in [-0.2, -0.15) is 0 Å². The second kappa shape index (κ2) is 11.5. The summed E-state index contributed by atoms with van der Waals surface area (Å²) in [6.45, 7) is 1.80. The summed E-state index contributed by atoms with van der Waals surface area (Å²) in [6, 6.07) is 14.2. The highest BCUT2D eigenvalue weighted by Gasteiger charge is 2.33. The molecule has 0 aliphatic carbocycles. The molecular weight excluding hydrogens is 420 g/mol. The number of pyridine rings is 1. The van der Waals surface area contributed by atoms with Crippen molar-refractivity contribution >= 4 is 23.6 Å². The lowest BCUT2D eigenvalue weighted by Crippen LogP contribution is -2.50. The first kappa shape index (κ1) is 24.3. The molecule has 2 heterocycles. The zero-order valence-corrected chi connectivity index (χ0v) is 20.3. The van der Waals surface area contributed by atoms with E-state index in [0.717, 1.165) is 24.3 Å². The zero-order chi connectivity index (χ0) is 23.1. The van der Waals surface area contributed by atoms with Crippen LogP contribution in [0, 0.1) is 5.92 Å². The molecule has 0 N–H and O–H groups in total. The average Bonchev–Trinajstić information content (AvgIpc) is 2.82. The number of amides is 2. The Morgan fingerprint density at radius 2 is 1.78 bits per heavy atom. The van der Waals surface area contributed by atoms with Crippen molar-refractivity contribution < 1.29 is 9.59 Å². The van der Waals surface area contributed by atoms with E-state index in [1.54, 1.807) is 6.20 Å². The second-order valence-corrected chi connectivity index (χ2v) is 9.48. The lowest BCUT2D eigenvalue weighted by Gasteiger charge is -2.40. The summed E-state index contributed by atoms with van der Waals surface area (Å²) < 4.78 is 0. The van der Waals surface area contributed by atoms with Crippen LogP contribution in [0.3, 0.4) is 0 Å². The molecule has 0 spiro atoms. The van der Waals surface area contributed by atoms with Gasteiger partial charge in [-0.15, -0.1) is 11.8 Å². The van der Waals surface area contributed by atoms with Crippen molar-refractivity contribution in [3.8, 4) is 0 Å². The van der Waals surface area contributed by atoms with Crippen LogP contribution in [-0.4, -0.2) is 84.6 Å². The topological polar surface area (TPSA) is 56.8 Å². The minimum absolute atomic E-state index is 0.0533. The molecule has 1 unspecified atom stereocenters. The van der Waals surface area contributed by atoms with Crippen molar-refractivity contribution in [3.63, 3.8) is 0 Å². The van der Waals surface area contributed by atoms with Gasteiger partial charge in [0.25, 0.3) is 5.91 Å². The van der Waals surface area contributed by atoms with Gasteiger partial charge >= 0.3 is 0 Å². The monoisotopic (exact) mass is 454 g/mol. The van der Waals surface area contributed by atoms with Gasteiger partial charge in [0, 0.05) is 32.4 Å². The first-order valence-electron chi connectivity index (χ1n) is 11.1. The van der Waals surface area contributed by atoms with Crippen molar-refractivity contribution in [2.45, 2.75) is 30.3 Å². The highest BCUT2D eigenvalue weighted by atomic mass is 32.2. The predicted octanol–water partition coefficient (Wildman–Crippen LogP) is 3.29. The third kappa shape index (κ3) is 6.11. The average molecular weight is 455 g/mol. The van der Waals surface area contributed by atoms with Crippen LogP contribution in [0.25, 0.3) is 0 Å². The number of nitrogens with zero attached hydrogens (tertiary/aromatic N) is 4. The number of thioether (sulfide) groups is 1. The number of hydrogen-bond acceptors (Lipinski definition) is 5. The summed E-state index contributed by atoms with van der Waals surface area (Å²) >= 11 is 1.50. The van der Waals surface area contributed by atoms with E-state index in [0.29, 0.717) is 31.1 Å². The minimum atomic E-state index is 0.0533. The smallest absolute Gasteiger partial charge is 0.256 e. The van der Waals surface area contributed by atoms with Crippen molar-refractivity contribution in [2.24, 2.45) is 5.92 Å². The van der Waals surface area contributed by atoms with Crippen LogP contribution in [0.4, 0.5) is 0 Å². The van der Waals surface area contributed by atoms with Gasteiger partial charge in [0.2, 0.25) is 5.91 Å². The van der Waals surface area contributed by atoms with Crippen LogP contribution in [0.1, 0.15) is 28.8 Å². The summed E-state index contributed by atoms with van der Waals surface area (Å²) in [5, 5.41) is 0.774. The van der Waals surface area contributed by atoms with Gasteiger partial charge in [-0.1, -0.05) is 30.3 Å². The summed E-state index contributed by atoms with van der Waals surface area (Å²) in [5.41, 5.74) is 1.91. The Morgan fingerprint density at radius 1 is 1.09 bits per heavy atom. The molecule has 1 aromatic carbocycles. The lowest BCUT2D eigenvalue weighted by molar-refractivity contribution is -0.134. The highest BCUT2D eigenvalue weighted by molar-refractivity contribution is 7.98. The summed E-state index contributed by atoms with van der Waals surface area (Å²) in [6.07, 6.45) is 6.27. The Kier molecular flexibility index (Phi) is 8.70. The van der Waals surface area contributed by atoms with Gasteiger partial charge < -0.3 is 14.7 Å². The van der Waals surface area contributed by atoms with Gasteiger partial charge in [-0.05, 0) is 63.2 Å². The Bertz CT molecular complexity index is 898. The molecule has 0 bridgehead atoms. The number of likely N-dealkylation sites (tertiary alicyclic amines) is 1. The maximum Gasteiger partial charge on any atom is 0.256 e. The molecule has 32 heavy (non-hydrogen) atoms. The molecule has 6 nitrogen and oxygen atoms in total. The van der Waals surface area contributed by atoms with Crippen LogP contribution >= 0.6 is 11.8 Å². The minimum Gasteiger partial charge on any atom is -0.341 e. The number of aromatic nitrogens is 1. The second-order valence-electron chi connectivity index (χ2n) is 8.69. The third-order valence-electron chi connectivity index (χ3n) is 6.20. The van der Waals surface area contributed by atoms with Gasteiger partial charge in [0.1, 0.15) is 5.03 Å². The van der Waals surface area contributed by atoms with E-state index in [2.05, 4.69) is 17.1 Å². The van der Waals surface area contributed by atoms with E-state index in [-0.39, 0.29) is 17.9 Å². The molecule has 1 aliphatic rings. The summed E-state index contributed by atoms with van der Waals surface area (Å²) in [7, 11) is 5.77. The molecule has 0 radical (unpaired) electrons. The molecule has 0 saturated carbocycles. The van der Waals surface area contributed by atoms with Crippen LogP contribution in [0.5, 0.6) is 0 Å². The predicted molar refractivity (Wildman–Crippen MR) is 130 cm³/mol. The first-order valence-corrected chi connectivity index (χ1v) is 12.4. The fourth-order valence-electron chi connectivity index (χ4n) is 4.42. The van der Waals surface area contributed by atoms with Crippen molar-refractivity contribution in [3.05, 3.63) is 59.8 Å². The number of carbonyl (C=O) groups is 2. The quantitative estimate of drug-likeness (QED) is 0.573. The standard InChI is InChI=1S/C25H34N4O2S/c1-27(2)18-23(30)28(3)22(17-19-9-6-5-7-10-19)20-12-15-29(16-13-20)25(31)21-11-8-14-26-24(21)32-4/h5-11,14,20,22H,12-13,15-18H2,1-4H3. The first-order chi connectivity index (χ1) is 15.4. The van der Waals surface area contributed by atoms with E-state index in [1.807, 2.05) is 72.4 Å². The van der Waals surface area contributed by atoms with E-state index in [4.69, 9.17) is 0 Å². The number of carbonyl (C=O) groups excluding carboxylic acids is 2. The largest absolute Gasteiger partial charge is 0.341 e. The maximum absolute atomic E-state index is 13.1. The number of hydrogen-bond donors (Lipinski definition) is 0. The highest BCUT2D eigenvalue weighted by Crippen LogP contribution is 2.28. The lowest BCUT2D eigenvalue weighted by atomic mass is 9.84. The molecule has 1 aliphatic heterocycles. The molecule has 172 valence electrons. The molecule has 2 amide bonds. The number of benzene rings is 1. The molecule has 1 fully saturated rings. The third-order valence-corrected chi connectivity index (χ3v) is 6.91. The van der Waals surface area contributed by atoms with Crippen molar-refractivity contribution in [1.29, 1.82) is 0 Å². The molecular formula is C25H34N4O2S. The fraction of sp³-hybridized carbons (Fsp3) is 0.480. The molecule has 3 rings (SSSR count). The zero-order valence-electron chi connectivity index (χ0n) is 19.5. The van der Waals surface area contributed by atoms with Crippen LogP contribution < -0.4 is 0 Å². The number of piperidine rings is 1. The van der Waals surface area contributed by atoms with Crippen molar-refractivity contribution in [1.82, 2.24) is 19.7 Å². The molecule has 1 saturated heterocycles. The van der Waals surface area contributed by atoms with E-state index < -0.39 is 0 Å². The molecule has 1 atom stereocenters. The normalized spacial score (nSPS) is 15.6. The number of rotatable bonds is 8. The molecule has 1 aromatic heterocycles. The van der Waals surface area contributed by atoms with Gasteiger partial charge in [0.15, 0.2) is 0 Å². The Labute approximate surface area is 196 Å². The van der Waals surface area contributed by atoms with Gasteiger partial charge in [0.05, 0.1) is 12.1 Å². The van der Waals surface area contributed by atoms with Gasteiger partial charge in [-0.3, -0.25) is 9.59 Å². The van der Waals surface area contributed by atoms with E-state index in [1.165, 1.54) is 17.3 Å². The number of likely N-dealkylation sites (N-methyl/N-ethyl adjacent to an activating group) is 2. The Morgan fingerprint density at radius 3 is 2.41 bits per heavy atom. The van der Waals surface area contributed by atoms with Gasteiger partial charge in [-0.25, -0.2) is 4.98 Å². The maximum atomic E-state index is 13.1. The van der Waals surface area contributed by atoms with Crippen LogP contribution in [0.15, 0.2) is 53.7 Å². The summed E-state index contributed by atoms with van der Waals surface area (Å²) in [4.78, 5) is 36.1. The van der Waals surface area contributed by atoms with Crippen LogP contribution in [-0.2, 0) is 11.2 Å². The van der Waals surface area contributed by atoms with Crippen molar-refractivity contribution in [2.75, 3.05) is 47.0 Å². The van der Waals surface area contributed by atoms with E-state index in [9.17, 15) is 9.59 Å². The Hall–Kier alpha value is -2.38. The Balaban J connectivity index is 1.71. The summed E-state index contributed by atoms with van der Waals surface area (Å²) in [5.74, 6) is 0.538. The van der Waals surface area contributed by atoms with Crippen LogP contribution in [0.2, 0.25) is 0 Å². The molecule has 7 heteroatoms. The SMILES string of the molecule is CSc1ncccc1C(=O)N1CCC(C(Cc2ccccc2)N(C)C(=O)CN(C)C)CC1. The molecule has 2 aromatic rings.